The molecule has 2 aromatic carbocycles. The van der Waals surface area contributed by atoms with Crippen molar-refractivity contribution in [3.05, 3.63) is 69.8 Å². The number of carbonyl (C=O) groups is 2. The monoisotopic (exact) mass is 479 g/mol. The number of nitro benzene ring substituents is 1. The van der Waals surface area contributed by atoms with Gasteiger partial charge in [-0.3, -0.25) is 24.5 Å². The summed E-state index contributed by atoms with van der Waals surface area (Å²) in [6, 6.07) is 9.80. The molecular formula is C21H25N3O8S. The summed E-state index contributed by atoms with van der Waals surface area (Å²) in [4.78, 5) is 40.7. The molecule has 0 radical (unpaired) electrons. The van der Waals surface area contributed by atoms with Crippen LogP contribution in [0.2, 0.25) is 0 Å². The van der Waals surface area contributed by atoms with Gasteiger partial charge in [0.1, 0.15) is 0 Å². The van der Waals surface area contributed by atoms with Crippen molar-refractivity contribution in [2.24, 2.45) is 0 Å². The summed E-state index contributed by atoms with van der Waals surface area (Å²) in [7, 11) is -1.62. The van der Waals surface area contributed by atoms with Crippen molar-refractivity contribution in [3.8, 4) is 0 Å². The van der Waals surface area contributed by atoms with Gasteiger partial charge in [0.05, 0.1) is 41.1 Å². The van der Waals surface area contributed by atoms with E-state index < -0.39 is 39.0 Å². The van der Waals surface area contributed by atoms with Crippen molar-refractivity contribution in [1.82, 2.24) is 9.79 Å². The Morgan fingerprint density at radius 1 is 1.15 bits per heavy atom. The Labute approximate surface area is 191 Å². The summed E-state index contributed by atoms with van der Waals surface area (Å²) >= 11 is 0. The molecule has 1 unspecified atom stereocenters. The maximum absolute atomic E-state index is 13.0. The number of hydrogen-bond acceptors (Lipinski definition) is 8. The first-order valence-corrected chi connectivity index (χ1v) is 11.3. The number of esters is 1. The lowest BCUT2D eigenvalue weighted by molar-refractivity contribution is -0.385. The highest BCUT2D eigenvalue weighted by molar-refractivity contribution is 7.89. The fourth-order valence-corrected chi connectivity index (χ4v) is 3.97. The van der Waals surface area contributed by atoms with Gasteiger partial charge in [0.25, 0.3) is 21.6 Å². The topological polar surface area (TPSA) is 145 Å². The lowest BCUT2D eigenvalue weighted by atomic mass is 10.0. The Bertz CT molecular complexity index is 1130. The van der Waals surface area contributed by atoms with E-state index in [9.17, 15) is 28.1 Å². The molecule has 0 saturated carbocycles. The molecule has 11 nitrogen and oxygen atoms in total. The Hall–Kier alpha value is -3.35. The summed E-state index contributed by atoms with van der Waals surface area (Å²) in [5, 5.41) is 14.1. The molecule has 12 heteroatoms. The average molecular weight is 480 g/mol. The van der Waals surface area contributed by atoms with Crippen LogP contribution >= 0.6 is 0 Å². The van der Waals surface area contributed by atoms with E-state index in [2.05, 4.69) is 5.32 Å². The van der Waals surface area contributed by atoms with E-state index >= 15 is 0 Å². The number of benzene rings is 2. The van der Waals surface area contributed by atoms with E-state index in [0.29, 0.717) is 4.47 Å². The number of amides is 1. The first-order valence-electron chi connectivity index (χ1n) is 9.84. The van der Waals surface area contributed by atoms with Crippen LogP contribution < -0.4 is 5.32 Å². The van der Waals surface area contributed by atoms with Crippen molar-refractivity contribution in [1.29, 1.82) is 0 Å². The fraction of sp³-hybridized carbons (Fsp3) is 0.333. The average Bonchev–Trinajstić information content (AvgIpc) is 2.77. The van der Waals surface area contributed by atoms with E-state index in [4.69, 9.17) is 9.57 Å². The zero-order chi connectivity index (χ0) is 24.8. The predicted octanol–water partition coefficient (Wildman–Crippen LogP) is 2.59. The first kappa shape index (κ1) is 25.9. The zero-order valence-electron chi connectivity index (χ0n) is 18.5. The van der Waals surface area contributed by atoms with E-state index in [1.54, 1.807) is 19.9 Å². The second-order valence-electron chi connectivity index (χ2n) is 7.21. The third-order valence-electron chi connectivity index (χ3n) is 4.54. The van der Waals surface area contributed by atoms with Crippen LogP contribution in [0.15, 0.2) is 53.4 Å². The van der Waals surface area contributed by atoms with Gasteiger partial charge in [0.2, 0.25) is 0 Å². The maximum Gasteiger partial charge on any atom is 0.308 e. The SMILES string of the molecule is CON(C)S(=O)(=O)c1cccc(C(=O)NC(CC(=O)OC(C)C)c2ccccc2[N+](=O)[O-])c1. The molecule has 0 heterocycles. The quantitative estimate of drug-likeness (QED) is 0.311. The Morgan fingerprint density at radius 3 is 2.42 bits per heavy atom. The van der Waals surface area contributed by atoms with Crippen molar-refractivity contribution < 1.29 is 32.5 Å². The number of ether oxygens (including phenoxy) is 1. The van der Waals surface area contributed by atoms with Crippen LogP contribution in [0.4, 0.5) is 5.69 Å². The van der Waals surface area contributed by atoms with Gasteiger partial charge < -0.3 is 10.1 Å². The predicted molar refractivity (Wildman–Crippen MR) is 118 cm³/mol. The molecule has 2 aromatic rings. The van der Waals surface area contributed by atoms with Crippen LogP contribution in [0, 0.1) is 10.1 Å². The number of sulfonamides is 1. The van der Waals surface area contributed by atoms with E-state index in [1.165, 1.54) is 50.6 Å². The van der Waals surface area contributed by atoms with Gasteiger partial charge in [0, 0.05) is 18.7 Å². The maximum atomic E-state index is 13.0. The second kappa shape index (κ2) is 11.0. The molecule has 1 atom stereocenters. The number of rotatable bonds is 10. The summed E-state index contributed by atoms with van der Waals surface area (Å²) in [6.45, 7) is 3.30. The van der Waals surface area contributed by atoms with Crippen LogP contribution in [-0.4, -0.2) is 49.9 Å². The summed E-state index contributed by atoms with van der Waals surface area (Å²) in [6.07, 6.45) is -0.779. The molecule has 0 spiro atoms. The summed E-state index contributed by atoms with van der Waals surface area (Å²) in [5.41, 5.74) is -0.195. The van der Waals surface area contributed by atoms with Gasteiger partial charge in [-0.15, -0.1) is 0 Å². The van der Waals surface area contributed by atoms with Gasteiger partial charge in [-0.05, 0) is 32.0 Å². The summed E-state index contributed by atoms with van der Waals surface area (Å²) in [5.74, 6) is -1.39. The van der Waals surface area contributed by atoms with E-state index in [-0.39, 0.29) is 28.1 Å². The zero-order valence-corrected chi connectivity index (χ0v) is 19.4. The summed E-state index contributed by atoms with van der Waals surface area (Å²) < 4.78 is 30.7. The molecular weight excluding hydrogens is 454 g/mol. The normalized spacial score (nSPS) is 12.4. The molecule has 0 bridgehead atoms. The van der Waals surface area contributed by atoms with Crippen LogP contribution in [0.5, 0.6) is 0 Å². The van der Waals surface area contributed by atoms with Gasteiger partial charge in [-0.25, -0.2) is 8.42 Å². The van der Waals surface area contributed by atoms with Crippen molar-refractivity contribution in [2.45, 2.75) is 37.3 Å². The van der Waals surface area contributed by atoms with Gasteiger partial charge in [0.15, 0.2) is 0 Å². The molecule has 2 rings (SSSR count). The number of para-hydroxylation sites is 1. The van der Waals surface area contributed by atoms with Crippen molar-refractivity contribution >= 4 is 27.6 Å². The van der Waals surface area contributed by atoms with Gasteiger partial charge in [-0.2, -0.15) is 0 Å². The smallest absolute Gasteiger partial charge is 0.308 e. The molecule has 1 amide bonds. The van der Waals surface area contributed by atoms with Crippen LogP contribution in [0.1, 0.15) is 42.2 Å². The first-order chi connectivity index (χ1) is 15.5. The Kier molecular flexibility index (Phi) is 8.63. The number of carbonyl (C=O) groups excluding carboxylic acids is 2. The molecule has 0 aromatic heterocycles. The third kappa shape index (κ3) is 6.57. The van der Waals surface area contributed by atoms with Gasteiger partial charge >= 0.3 is 5.97 Å². The van der Waals surface area contributed by atoms with Crippen molar-refractivity contribution in [2.75, 3.05) is 14.2 Å². The van der Waals surface area contributed by atoms with Crippen LogP contribution in [0.3, 0.4) is 0 Å². The lowest BCUT2D eigenvalue weighted by Gasteiger charge is -2.20. The highest BCUT2D eigenvalue weighted by atomic mass is 32.2. The minimum Gasteiger partial charge on any atom is -0.463 e. The van der Waals surface area contributed by atoms with Crippen LogP contribution in [-0.2, 0) is 24.4 Å². The molecule has 0 aliphatic carbocycles. The molecule has 0 fully saturated rings. The standard InChI is InChI=1S/C21H25N3O8S/c1-14(2)32-20(25)13-18(17-10-5-6-11-19(17)24(27)28)22-21(26)15-8-7-9-16(12-15)33(29,30)23(3)31-4/h5-12,14,18H,13H2,1-4H3,(H,22,26). The Morgan fingerprint density at radius 2 is 1.82 bits per heavy atom. The largest absolute Gasteiger partial charge is 0.463 e. The van der Waals surface area contributed by atoms with E-state index in [1.807, 2.05) is 0 Å². The number of hydrogen-bond donors (Lipinski definition) is 1. The van der Waals surface area contributed by atoms with Gasteiger partial charge in [-0.1, -0.05) is 28.7 Å². The number of hydroxylamine groups is 1. The minimum absolute atomic E-state index is 0.0265. The molecule has 0 aliphatic rings. The molecule has 0 aliphatic heterocycles. The van der Waals surface area contributed by atoms with Crippen LogP contribution in [0.25, 0.3) is 0 Å². The second-order valence-corrected chi connectivity index (χ2v) is 9.15. The minimum atomic E-state index is -4.01. The number of nitrogens with one attached hydrogen (secondary N) is 1. The molecule has 33 heavy (non-hydrogen) atoms. The number of nitro groups is 1. The Balaban J connectivity index is 2.41. The highest BCUT2D eigenvalue weighted by Crippen LogP contribution is 2.28. The highest BCUT2D eigenvalue weighted by Gasteiger charge is 2.28. The lowest BCUT2D eigenvalue weighted by Crippen LogP contribution is -2.32. The molecule has 1 N–H and O–H groups in total. The molecule has 0 saturated heterocycles. The van der Waals surface area contributed by atoms with Crippen molar-refractivity contribution in [3.63, 3.8) is 0 Å². The number of nitrogens with zero attached hydrogens (tertiary/aromatic N) is 2. The fourth-order valence-electron chi connectivity index (χ4n) is 2.95. The third-order valence-corrected chi connectivity index (χ3v) is 6.22. The van der Waals surface area contributed by atoms with E-state index in [0.717, 1.165) is 6.07 Å². The molecule has 178 valence electrons.